The number of fused-ring (bicyclic) bond motifs is 5. The van der Waals surface area contributed by atoms with Gasteiger partial charge < -0.3 is 5.32 Å². The molecule has 25 heavy (non-hydrogen) atoms. The lowest BCUT2D eigenvalue weighted by molar-refractivity contribution is 0.0912. The van der Waals surface area contributed by atoms with Gasteiger partial charge in [0.15, 0.2) is 5.69 Å². The number of carbonyl (C=O) groups is 1. The lowest BCUT2D eigenvalue weighted by atomic mass is 9.95. The molecule has 1 amide bonds. The number of amides is 1. The smallest absolute Gasteiger partial charge is 0.272 e. The molecule has 0 saturated heterocycles. The summed E-state index contributed by atoms with van der Waals surface area (Å²) < 4.78 is 2.10. The topological polar surface area (TPSA) is 46.9 Å². The molecule has 1 saturated carbocycles. The Hall–Kier alpha value is -2.10. The normalized spacial score (nSPS) is 21.4. The van der Waals surface area contributed by atoms with Gasteiger partial charge in [0.1, 0.15) is 0 Å². The Kier molecular flexibility index (Phi) is 3.75. The molecule has 2 aliphatic carbocycles. The second kappa shape index (κ2) is 5.72. The first-order valence-corrected chi connectivity index (χ1v) is 9.30. The van der Waals surface area contributed by atoms with E-state index in [0.29, 0.717) is 17.5 Å². The van der Waals surface area contributed by atoms with Crippen LogP contribution in [-0.4, -0.2) is 21.2 Å². The van der Waals surface area contributed by atoms with Crippen LogP contribution in [-0.2, 0) is 6.54 Å². The maximum absolute atomic E-state index is 12.8. The molecule has 1 N–H and O–H groups in total. The van der Waals surface area contributed by atoms with Crippen molar-refractivity contribution in [1.29, 1.82) is 0 Å². The molecular formula is C21H27N3O. The molecule has 4 heteroatoms. The SMILES string of the molecule is Cc1ccc(Cn2nc(C(=O)NC(C)(C)C)c3c2C2CCC3C2)cc1. The van der Waals surface area contributed by atoms with Gasteiger partial charge in [-0.25, -0.2) is 0 Å². The van der Waals surface area contributed by atoms with Gasteiger partial charge in [-0.15, -0.1) is 0 Å². The fourth-order valence-electron chi connectivity index (χ4n) is 4.37. The monoisotopic (exact) mass is 337 g/mol. The Balaban J connectivity index is 1.71. The van der Waals surface area contributed by atoms with E-state index in [-0.39, 0.29) is 11.4 Å². The maximum atomic E-state index is 12.8. The molecule has 1 aromatic carbocycles. The van der Waals surface area contributed by atoms with E-state index < -0.39 is 0 Å². The van der Waals surface area contributed by atoms with E-state index in [4.69, 9.17) is 5.10 Å². The van der Waals surface area contributed by atoms with Crippen molar-refractivity contribution < 1.29 is 4.79 Å². The minimum atomic E-state index is -0.248. The van der Waals surface area contributed by atoms with Crippen molar-refractivity contribution in [3.8, 4) is 0 Å². The van der Waals surface area contributed by atoms with Crippen molar-refractivity contribution in [2.24, 2.45) is 0 Å². The highest BCUT2D eigenvalue weighted by molar-refractivity contribution is 5.95. The molecule has 0 aliphatic heterocycles. The molecule has 2 aliphatic rings. The average molecular weight is 337 g/mol. The van der Waals surface area contributed by atoms with Crippen LogP contribution in [0.4, 0.5) is 0 Å². The number of aromatic nitrogens is 2. The predicted octanol–water partition coefficient (Wildman–Crippen LogP) is 4.13. The summed E-state index contributed by atoms with van der Waals surface area (Å²) in [5.41, 5.74) is 5.45. The third-order valence-corrected chi connectivity index (χ3v) is 5.41. The Morgan fingerprint density at radius 2 is 1.88 bits per heavy atom. The van der Waals surface area contributed by atoms with Crippen LogP contribution in [0.15, 0.2) is 24.3 Å². The molecule has 132 valence electrons. The molecule has 0 radical (unpaired) electrons. The summed E-state index contributed by atoms with van der Waals surface area (Å²) in [6.45, 7) is 8.89. The van der Waals surface area contributed by atoms with Crippen molar-refractivity contribution in [2.45, 2.75) is 70.9 Å². The van der Waals surface area contributed by atoms with Gasteiger partial charge in [0.05, 0.1) is 6.54 Å². The Bertz CT molecular complexity index is 811. The van der Waals surface area contributed by atoms with E-state index in [9.17, 15) is 4.79 Å². The lowest BCUT2D eigenvalue weighted by Gasteiger charge is -2.20. The Morgan fingerprint density at radius 3 is 2.56 bits per heavy atom. The first-order chi connectivity index (χ1) is 11.8. The second-order valence-corrected chi connectivity index (χ2v) is 8.70. The summed E-state index contributed by atoms with van der Waals surface area (Å²) >= 11 is 0. The molecule has 2 bridgehead atoms. The quantitative estimate of drug-likeness (QED) is 0.915. The summed E-state index contributed by atoms with van der Waals surface area (Å²) in [7, 11) is 0. The van der Waals surface area contributed by atoms with Gasteiger partial charge in [0, 0.05) is 22.7 Å². The van der Waals surface area contributed by atoms with Gasteiger partial charge in [0.25, 0.3) is 5.91 Å². The van der Waals surface area contributed by atoms with Crippen molar-refractivity contribution in [3.05, 3.63) is 52.3 Å². The molecular weight excluding hydrogens is 310 g/mol. The van der Waals surface area contributed by atoms with Crippen molar-refractivity contribution >= 4 is 5.91 Å². The number of nitrogens with zero attached hydrogens (tertiary/aromatic N) is 2. The van der Waals surface area contributed by atoms with Crippen LogP contribution < -0.4 is 5.32 Å². The van der Waals surface area contributed by atoms with Crippen LogP contribution >= 0.6 is 0 Å². The fourth-order valence-corrected chi connectivity index (χ4v) is 4.37. The van der Waals surface area contributed by atoms with E-state index in [1.807, 2.05) is 20.8 Å². The van der Waals surface area contributed by atoms with Gasteiger partial charge in [-0.2, -0.15) is 5.10 Å². The zero-order valence-electron chi connectivity index (χ0n) is 15.6. The highest BCUT2D eigenvalue weighted by Crippen LogP contribution is 2.54. The van der Waals surface area contributed by atoms with E-state index in [1.165, 1.54) is 41.6 Å². The molecule has 2 atom stereocenters. The number of hydrogen-bond donors (Lipinski definition) is 1. The highest BCUT2D eigenvalue weighted by atomic mass is 16.2. The molecule has 1 fully saturated rings. The van der Waals surface area contributed by atoms with Crippen LogP contribution in [0.2, 0.25) is 0 Å². The number of rotatable bonds is 3. The summed E-state index contributed by atoms with van der Waals surface area (Å²) in [6.07, 6.45) is 3.62. The molecule has 0 spiro atoms. The zero-order valence-corrected chi connectivity index (χ0v) is 15.6. The molecule has 4 rings (SSSR count). The van der Waals surface area contributed by atoms with Crippen molar-refractivity contribution in [3.63, 3.8) is 0 Å². The number of benzene rings is 1. The predicted molar refractivity (Wildman–Crippen MR) is 99.1 cm³/mol. The van der Waals surface area contributed by atoms with Crippen LogP contribution in [0.3, 0.4) is 0 Å². The molecule has 1 heterocycles. The Labute approximate surface area is 149 Å². The summed E-state index contributed by atoms with van der Waals surface area (Å²) in [4.78, 5) is 12.8. The van der Waals surface area contributed by atoms with Gasteiger partial charge in [-0.1, -0.05) is 29.8 Å². The first-order valence-electron chi connectivity index (χ1n) is 9.30. The van der Waals surface area contributed by atoms with Gasteiger partial charge in [-0.05, 0) is 58.4 Å². The number of carbonyl (C=O) groups excluding carboxylic acids is 1. The van der Waals surface area contributed by atoms with Crippen LogP contribution in [0, 0.1) is 6.92 Å². The van der Waals surface area contributed by atoms with Gasteiger partial charge in [0.2, 0.25) is 0 Å². The van der Waals surface area contributed by atoms with Crippen molar-refractivity contribution in [1.82, 2.24) is 15.1 Å². The van der Waals surface area contributed by atoms with E-state index in [0.717, 1.165) is 6.54 Å². The molecule has 1 aromatic heterocycles. The van der Waals surface area contributed by atoms with Gasteiger partial charge >= 0.3 is 0 Å². The van der Waals surface area contributed by atoms with Gasteiger partial charge in [-0.3, -0.25) is 9.48 Å². The largest absolute Gasteiger partial charge is 0.346 e. The first kappa shape index (κ1) is 16.4. The maximum Gasteiger partial charge on any atom is 0.272 e. The third kappa shape index (κ3) is 2.99. The van der Waals surface area contributed by atoms with Crippen molar-refractivity contribution in [2.75, 3.05) is 0 Å². The fraction of sp³-hybridized carbons (Fsp3) is 0.524. The minimum absolute atomic E-state index is 0.0287. The summed E-state index contributed by atoms with van der Waals surface area (Å²) in [6, 6.07) is 8.59. The third-order valence-electron chi connectivity index (χ3n) is 5.41. The van der Waals surface area contributed by atoms with E-state index in [2.05, 4.69) is 41.2 Å². The Morgan fingerprint density at radius 1 is 1.20 bits per heavy atom. The summed E-state index contributed by atoms with van der Waals surface area (Å²) in [5.74, 6) is 1.07. The van der Waals surface area contributed by atoms with E-state index in [1.54, 1.807) is 0 Å². The van der Waals surface area contributed by atoms with Crippen LogP contribution in [0.25, 0.3) is 0 Å². The molecule has 4 nitrogen and oxygen atoms in total. The highest BCUT2D eigenvalue weighted by Gasteiger charge is 2.44. The van der Waals surface area contributed by atoms with E-state index >= 15 is 0 Å². The zero-order chi connectivity index (χ0) is 17.8. The molecule has 2 aromatic rings. The number of hydrogen-bond acceptors (Lipinski definition) is 2. The minimum Gasteiger partial charge on any atom is -0.346 e. The standard InChI is InChI=1S/C21H27N3O/c1-13-5-7-14(8-6-13)12-24-19-16-10-9-15(11-16)17(19)18(23-24)20(25)22-21(2,3)4/h5-8,15-16H,9-12H2,1-4H3,(H,22,25). The lowest BCUT2D eigenvalue weighted by Crippen LogP contribution is -2.41. The second-order valence-electron chi connectivity index (χ2n) is 8.70. The summed E-state index contributed by atoms with van der Waals surface area (Å²) in [5, 5.41) is 7.87. The van der Waals surface area contributed by atoms with Crippen LogP contribution in [0.1, 0.15) is 84.7 Å². The number of nitrogens with one attached hydrogen (secondary N) is 1. The van der Waals surface area contributed by atoms with Crippen LogP contribution in [0.5, 0.6) is 0 Å². The molecule has 2 unspecified atom stereocenters. The average Bonchev–Trinajstić information content (AvgIpc) is 3.20. The number of aryl methyl sites for hydroxylation is 1.